The van der Waals surface area contributed by atoms with Crippen molar-refractivity contribution >= 4 is 23.1 Å². The van der Waals surface area contributed by atoms with Crippen molar-refractivity contribution in [2.45, 2.75) is 32.6 Å². The quantitative estimate of drug-likeness (QED) is 0.337. The Hall–Kier alpha value is -2.64. The summed E-state index contributed by atoms with van der Waals surface area (Å²) >= 11 is 0. The molecule has 0 saturated heterocycles. The molecule has 0 aromatic heterocycles. The molecule has 3 N–H and O–H groups in total. The maximum absolute atomic E-state index is 12.2. The van der Waals surface area contributed by atoms with Gasteiger partial charge in [0.1, 0.15) is 11.5 Å². The number of rotatable bonds is 4. The Kier molecular flexibility index (Phi) is 4.83. The van der Waals surface area contributed by atoms with E-state index in [9.17, 15) is 29.9 Å². The number of aromatic hydroxyl groups is 2. The second-order valence-electron chi connectivity index (χ2n) is 5.76. The molecule has 0 aliphatic heterocycles. The van der Waals surface area contributed by atoms with E-state index < -0.39 is 22.1 Å². The molecule has 0 radical (unpaired) electrons. The van der Waals surface area contributed by atoms with Crippen LogP contribution < -0.4 is 5.32 Å². The smallest absolute Gasteiger partial charge is 0.314 e. The molecule has 1 aromatic rings. The van der Waals surface area contributed by atoms with Gasteiger partial charge in [-0.05, 0) is 32.6 Å². The van der Waals surface area contributed by atoms with Crippen LogP contribution in [0.2, 0.25) is 0 Å². The summed E-state index contributed by atoms with van der Waals surface area (Å²) in [6.45, 7) is 1.54. The monoisotopic (exact) mass is 322 g/mol. The zero-order chi connectivity index (χ0) is 17.1. The highest BCUT2D eigenvalue weighted by Gasteiger charge is 2.29. The van der Waals surface area contributed by atoms with Gasteiger partial charge in [-0.2, -0.15) is 0 Å². The van der Waals surface area contributed by atoms with E-state index in [2.05, 4.69) is 5.32 Å². The predicted molar refractivity (Wildman–Crippen MR) is 81.2 cm³/mol. The van der Waals surface area contributed by atoms with Gasteiger partial charge in [0.15, 0.2) is 5.75 Å². The fraction of sp³-hybridized carbons (Fsp3) is 0.467. The molecule has 0 atom stereocenters. The van der Waals surface area contributed by atoms with E-state index in [4.69, 9.17) is 0 Å². The van der Waals surface area contributed by atoms with Crippen molar-refractivity contribution in [3.63, 3.8) is 0 Å². The Labute approximate surface area is 132 Å². The lowest BCUT2D eigenvalue weighted by molar-refractivity contribution is -0.385. The minimum Gasteiger partial charge on any atom is -0.506 e. The summed E-state index contributed by atoms with van der Waals surface area (Å²) in [5, 5.41) is 32.5. The Balaban J connectivity index is 2.05. The van der Waals surface area contributed by atoms with E-state index in [1.807, 2.05) is 0 Å². The molecular weight excluding hydrogens is 304 g/mol. The fourth-order valence-electron chi connectivity index (χ4n) is 2.81. The van der Waals surface area contributed by atoms with Crippen LogP contribution in [0.25, 0.3) is 0 Å². The third-order valence-electron chi connectivity index (χ3n) is 4.22. The van der Waals surface area contributed by atoms with Gasteiger partial charge >= 0.3 is 5.69 Å². The van der Waals surface area contributed by atoms with Gasteiger partial charge in [-0.15, -0.1) is 0 Å². The second-order valence-corrected chi connectivity index (χ2v) is 5.76. The van der Waals surface area contributed by atoms with Crippen LogP contribution >= 0.6 is 0 Å². The van der Waals surface area contributed by atoms with Crippen molar-refractivity contribution in [1.29, 1.82) is 0 Å². The summed E-state index contributed by atoms with van der Waals surface area (Å²) in [5.74, 6) is -1.63. The van der Waals surface area contributed by atoms with Crippen LogP contribution in [0.3, 0.4) is 0 Å². The number of nitrogens with zero attached hydrogens (tertiary/aromatic N) is 1. The molecule has 1 amide bonds. The number of carbonyl (C=O) groups excluding carboxylic acids is 2. The van der Waals surface area contributed by atoms with Gasteiger partial charge in [-0.25, -0.2) is 0 Å². The number of phenolic OH excluding ortho intramolecular Hbond substituents is 2. The summed E-state index contributed by atoms with van der Waals surface area (Å²) in [6.07, 6.45) is 2.42. The number of carbonyl (C=O) groups is 2. The zero-order valence-corrected chi connectivity index (χ0v) is 12.6. The molecule has 0 spiro atoms. The van der Waals surface area contributed by atoms with Crippen molar-refractivity contribution < 1.29 is 24.7 Å². The second kappa shape index (κ2) is 6.64. The maximum Gasteiger partial charge on any atom is 0.314 e. The molecule has 8 heteroatoms. The van der Waals surface area contributed by atoms with E-state index in [-0.39, 0.29) is 29.2 Å². The molecule has 2 rings (SSSR count). The molecule has 1 aromatic carbocycles. The van der Waals surface area contributed by atoms with E-state index in [1.54, 1.807) is 6.92 Å². The van der Waals surface area contributed by atoms with E-state index in [1.165, 1.54) is 0 Å². The highest BCUT2D eigenvalue weighted by molar-refractivity contribution is 5.94. The van der Waals surface area contributed by atoms with E-state index >= 15 is 0 Å². The van der Waals surface area contributed by atoms with Crippen LogP contribution in [-0.2, 0) is 9.59 Å². The third kappa shape index (κ3) is 3.77. The Morgan fingerprint density at radius 1 is 1.13 bits per heavy atom. The number of nitro benzene ring substituents is 1. The van der Waals surface area contributed by atoms with Crippen LogP contribution in [0.5, 0.6) is 11.5 Å². The lowest BCUT2D eigenvalue weighted by Crippen LogP contribution is -2.29. The number of nitrogens with one attached hydrogen (secondary N) is 1. The van der Waals surface area contributed by atoms with Crippen molar-refractivity contribution in [3.05, 3.63) is 22.2 Å². The summed E-state index contributed by atoms with van der Waals surface area (Å²) in [4.78, 5) is 33.4. The Morgan fingerprint density at radius 3 is 2.22 bits per heavy atom. The molecule has 0 heterocycles. The molecule has 1 saturated carbocycles. The topological polar surface area (TPSA) is 130 Å². The first-order chi connectivity index (χ1) is 10.8. The molecule has 1 aliphatic rings. The molecule has 1 fully saturated rings. The number of benzene rings is 1. The van der Waals surface area contributed by atoms with E-state index in [0.29, 0.717) is 25.7 Å². The number of hydrogen-bond acceptors (Lipinski definition) is 6. The summed E-state index contributed by atoms with van der Waals surface area (Å²) in [6, 6.07) is 1.74. The normalized spacial score (nSPS) is 20.7. The van der Waals surface area contributed by atoms with Crippen molar-refractivity contribution in [2.75, 3.05) is 5.32 Å². The average Bonchev–Trinajstić information content (AvgIpc) is 2.50. The standard InChI is InChI=1S/C15H18N2O6/c1-8(18)9-2-4-10(5-3-9)15(21)16-11-6-14(20)12(17(22)23)7-13(11)19/h6-7,9-10,19-20H,2-5H2,1H3,(H,16,21). The molecule has 23 heavy (non-hydrogen) atoms. The SMILES string of the molecule is CC(=O)C1CCC(C(=O)Nc2cc(O)c([N+](=O)[O-])cc2O)CC1. The average molecular weight is 322 g/mol. The number of nitro groups is 1. The largest absolute Gasteiger partial charge is 0.506 e. The zero-order valence-electron chi connectivity index (χ0n) is 12.6. The predicted octanol–water partition coefficient (Wildman–Crippen LogP) is 2.34. The lowest BCUT2D eigenvalue weighted by atomic mass is 9.80. The molecular formula is C15H18N2O6. The van der Waals surface area contributed by atoms with E-state index in [0.717, 1.165) is 12.1 Å². The summed E-state index contributed by atoms with van der Waals surface area (Å²) < 4.78 is 0. The van der Waals surface area contributed by atoms with Crippen LogP contribution in [0.1, 0.15) is 32.6 Å². The number of anilines is 1. The number of Topliss-reactive ketones (excluding diaryl/α,β-unsaturated/α-hetero) is 1. The van der Waals surface area contributed by atoms with Gasteiger partial charge in [0.2, 0.25) is 5.91 Å². The minimum atomic E-state index is -0.830. The summed E-state index contributed by atoms with van der Waals surface area (Å²) in [7, 11) is 0. The van der Waals surface area contributed by atoms with Gasteiger partial charge in [0.25, 0.3) is 0 Å². The minimum absolute atomic E-state index is 0.00382. The number of ketones is 1. The van der Waals surface area contributed by atoms with Gasteiger partial charge in [-0.3, -0.25) is 19.7 Å². The number of hydrogen-bond donors (Lipinski definition) is 3. The maximum atomic E-state index is 12.2. The van der Waals surface area contributed by atoms with Crippen LogP contribution in [0, 0.1) is 22.0 Å². The molecule has 1 aliphatic carbocycles. The van der Waals surface area contributed by atoms with Crippen LogP contribution in [0.4, 0.5) is 11.4 Å². The fourth-order valence-corrected chi connectivity index (χ4v) is 2.81. The first-order valence-corrected chi connectivity index (χ1v) is 7.31. The van der Waals surface area contributed by atoms with Gasteiger partial charge < -0.3 is 15.5 Å². The Bertz CT molecular complexity index is 650. The molecule has 124 valence electrons. The Morgan fingerprint density at radius 2 is 1.70 bits per heavy atom. The van der Waals surface area contributed by atoms with Crippen LogP contribution in [-0.4, -0.2) is 26.8 Å². The molecule has 8 nitrogen and oxygen atoms in total. The number of phenols is 2. The van der Waals surface area contributed by atoms with Crippen molar-refractivity contribution in [3.8, 4) is 11.5 Å². The van der Waals surface area contributed by atoms with Gasteiger partial charge in [0.05, 0.1) is 16.7 Å². The third-order valence-corrected chi connectivity index (χ3v) is 4.22. The summed E-state index contributed by atoms with van der Waals surface area (Å²) in [5.41, 5.74) is -0.714. The van der Waals surface area contributed by atoms with Gasteiger partial charge in [-0.1, -0.05) is 0 Å². The highest BCUT2D eigenvalue weighted by Crippen LogP contribution is 2.37. The van der Waals surface area contributed by atoms with Gasteiger partial charge in [0, 0.05) is 17.9 Å². The van der Waals surface area contributed by atoms with Crippen LogP contribution in [0.15, 0.2) is 12.1 Å². The van der Waals surface area contributed by atoms with Crippen molar-refractivity contribution in [1.82, 2.24) is 0 Å². The van der Waals surface area contributed by atoms with Crippen molar-refractivity contribution in [2.24, 2.45) is 11.8 Å². The number of amides is 1. The first-order valence-electron chi connectivity index (χ1n) is 7.31. The first kappa shape index (κ1) is 16.7. The molecule has 0 bridgehead atoms. The lowest BCUT2D eigenvalue weighted by Gasteiger charge is -2.26. The highest BCUT2D eigenvalue weighted by atomic mass is 16.6. The molecule has 0 unspecified atom stereocenters.